The second-order valence-electron chi connectivity index (χ2n) is 2.99. The maximum Gasteiger partial charge on any atom is 0.134 e. The van der Waals surface area contributed by atoms with Crippen molar-refractivity contribution in [1.82, 2.24) is 4.98 Å². The van der Waals surface area contributed by atoms with Crippen LogP contribution in [0.3, 0.4) is 0 Å². The van der Waals surface area contributed by atoms with Crippen LogP contribution >= 0.6 is 15.9 Å². The van der Waals surface area contributed by atoms with Gasteiger partial charge in [-0.1, -0.05) is 15.9 Å². The third-order valence-electron chi connectivity index (χ3n) is 1.92. The number of pyridine rings is 1. The van der Waals surface area contributed by atoms with Crippen molar-refractivity contribution in [1.29, 1.82) is 0 Å². The molecule has 0 saturated heterocycles. The van der Waals surface area contributed by atoms with Gasteiger partial charge >= 0.3 is 0 Å². The van der Waals surface area contributed by atoms with Gasteiger partial charge in [-0.25, -0.2) is 0 Å². The van der Waals surface area contributed by atoms with E-state index in [4.69, 9.17) is 0 Å². The first-order valence-corrected chi connectivity index (χ1v) is 4.71. The van der Waals surface area contributed by atoms with Gasteiger partial charge in [0.05, 0.1) is 11.7 Å². The summed E-state index contributed by atoms with van der Waals surface area (Å²) in [5.74, 6) is 0.199. The van der Waals surface area contributed by atoms with E-state index in [2.05, 4.69) is 20.9 Å². The zero-order valence-corrected chi connectivity index (χ0v) is 8.67. The smallest absolute Gasteiger partial charge is 0.134 e. The Labute approximate surface area is 84.4 Å². The average molecular weight is 238 g/mol. The zero-order chi connectivity index (χ0) is 9.42. The largest absolute Gasteiger partial charge is 0.506 e. The highest BCUT2D eigenvalue weighted by molar-refractivity contribution is 9.10. The van der Waals surface area contributed by atoms with Crippen LogP contribution in [0, 0.1) is 6.92 Å². The molecule has 2 aromatic rings. The third-order valence-corrected chi connectivity index (χ3v) is 2.38. The van der Waals surface area contributed by atoms with Crippen LogP contribution in [-0.4, -0.2) is 10.1 Å². The van der Waals surface area contributed by atoms with Crippen molar-refractivity contribution in [2.75, 3.05) is 0 Å². The lowest BCUT2D eigenvalue weighted by Crippen LogP contribution is -1.83. The summed E-state index contributed by atoms with van der Waals surface area (Å²) in [5, 5.41) is 10.2. The lowest BCUT2D eigenvalue weighted by atomic mass is 10.1. The van der Waals surface area contributed by atoms with Gasteiger partial charge in [-0.15, -0.1) is 0 Å². The highest BCUT2D eigenvalue weighted by atomic mass is 79.9. The topological polar surface area (TPSA) is 33.1 Å². The summed E-state index contributed by atoms with van der Waals surface area (Å²) >= 11 is 3.40. The molecule has 66 valence electrons. The van der Waals surface area contributed by atoms with Crippen LogP contribution in [0.4, 0.5) is 0 Å². The van der Waals surface area contributed by atoms with E-state index in [1.54, 1.807) is 6.07 Å². The first-order chi connectivity index (χ1) is 6.16. The van der Waals surface area contributed by atoms with Gasteiger partial charge in [0.25, 0.3) is 0 Å². The molecule has 1 N–H and O–H groups in total. The summed E-state index contributed by atoms with van der Waals surface area (Å²) in [7, 11) is 0. The van der Waals surface area contributed by atoms with Gasteiger partial charge in [0.2, 0.25) is 0 Å². The molecule has 0 saturated carbocycles. The summed E-state index contributed by atoms with van der Waals surface area (Å²) in [5.41, 5.74) is 2.03. The SMILES string of the molecule is Cc1cc(Br)cc2cc(O)cnc12. The van der Waals surface area contributed by atoms with Gasteiger partial charge in [-0.05, 0) is 30.7 Å². The standard InChI is InChI=1S/C10H8BrNO/c1-6-2-8(11)3-7-4-9(13)5-12-10(6)7/h2-5,13H,1H3. The predicted molar refractivity (Wildman–Crippen MR) is 55.8 cm³/mol. The molecular formula is C10H8BrNO. The van der Waals surface area contributed by atoms with Gasteiger partial charge in [-0.3, -0.25) is 4.98 Å². The number of benzene rings is 1. The minimum absolute atomic E-state index is 0.199. The monoisotopic (exact) mass is 237 g/mol. The molecule has 0 aliphatic carbocycles. The van der Waals surface area contributed by atoms with Crippen molar-refractivity contribution in [3.8, 4) is 5.75 Å². The van der Waals surface area contributed by atoms with E-state index in [-0.39, 0.29) is 5.75 Å². The molecule has 0 spiro atoms. The minimum Gasteiger partial charge on any atom is -0.506 e. The summed E-state index contributed by atoms with van der Waals surface area (Å²) in [6.07, 6.45) is 1.46. The van der Waals surface area contributed by atoms with E-state index in [1.165, 1.54) is 6.20 Å². The number of aromatic hydroxyl groups is 1. The summed E-state index contributed by atoms with van der Waals surface area (Å²) in [6.45, 7) is 2.00. The molecule has 3 heteroatoms. The second-order valence-corrected chi connectivity index (χ2v) is 3.90. The zero-order valence-electron chi connectivity index (χ0n) is 7.08. The van der Waals surface area contributed by atoms with Crippen molar-refractivity contribution >= 4 is 26.8 Å². The van der Waals surface area contributed by atoms with E-state index < -0.39 is 0 Å². The number of fused-ring (bicyclic) bond motifs is 1. The number of hydrogen-bond acceptors (Lipinski definition) is 2. The van der Waals surface area contributed by atoms with Gasteiger partial charge in [0.15, 0.2) is 0 Å². The molecule has 0 aliphatic heterocycles. The normalized spacial score (nSPS) is 10.6. The quantitative estimate of drug-likeness (QED) is 0.765. The van der Waals surface area contributed by atoms with Crippen LogP contribution in [-0.2, 0) is 0 Å². The lowest BCUT2D eigenvalue weighted by Gasteiger charge is -2.02. The van der Waals surface area contributed by atoms with Gasteiger partial charge < -0.3 is 5.11 Å². The van der Waals surface area contributed by atoms with Crippen LogP contribution in [0.5, 0.6) is 5.75 Å². The first kappa shape index (κ1) is 8.51. The number of hydrogen-bond donors (Lipinski definition) is 1. The van der Waals surface area contributed by atoms with Gasteiger partial charge in [0.1, 0.15) is 5.75 Å². The fraction of sp³-hybridized carbons (Fsp3) is 0.100. The van der Waals surface area contributed by atoms with E-state index in [0.717, 1.165) is 20.9 Å². The second kappa shape index (κ2) is 3.00. The maximum atomic E-state index is 9.23. The Balaban J connectivity index is 2.86. The van der Waals surface area contributed by atoms with E-state index in [0.29, 0.717) is 0 Å². The molecule has 13 heavy (non-hydrogen) atoms. The van der Waals surface area contributed by atoms with Crippen molar-refractivity contribution in [3.05, 3.63) is 34.4 Å². The van der Waals surface area contributed by atoms with Crippen LogP contribution < -0.4 is 0 Å². The highest BCUT2D eigenvalue weighted by Gasteiger charge is 2.01. The molecule has 1 aromatic carbocycles. The molecule has 0 radical (unpaired) electrons. The number of aromatic nitrogens is 1. The predicted octanol–water partition coefficient (Wildman–Crippen LogP) is 3.01. The molecule has 1 heterocycles. The maximum absolute atomic E-state index is 9.23. The van der Waals surface area contributed by atoms with Crippen LogP contribution in [0.2, 0.25) is 0 Å². The van der Waals surface area contributed by atoms with E-state index in [1.807, 2.05) is 19.1 Å². The molecular weight excluding hydrogens is 230 g/mol. The Hall–Kier alpha value is -1.09. The molecule has 0 bridgehead atoms. The lowest BCUT2D eigenvalue weighted by molar-refractivity contribution is 0.474. The highest BCUT2D eigenvalue weighted by Crippen LogP contribution is 2.24. The Morgan fingerprint density at radius 3 is 2.85 bits per heavy atom. The number of aryl methyl sites for hydroxylation is 1. The van der Waals surface area contributed by atoms with Crippen molar-refractivity contribution in [2.24, 2.45) is 0 Å². The summed E-state index contributed by atoms with van der Waals surface area (Å²) < 4.78 is 1.00. The third kappa shape index (κ3) is 1.52. The molecule has 0 fully saturated rings. The number of halogens is 1. The minimum atomic E-state index is 0.199. The Morgan fingerprint density at radius 1 is 1.31 bits per heavy atom. The number of nitrogens with zero attached hydrogens (tertiary/aromatic N) is 1. The molecule has 2 nitrogen and oxygen atoms in total. The molecule has 0 aliphatic rings. The van der Waals surface area contributed by atoms with E-state index in [9.17, 15) is 5.11 Å². The van der Waals surface area contributed by atoms with Crippen LogP contribution in [0.15, 0.2) is 28.9 Å². The summed E-state index contributed by atoms with van der Waals surface area (Å²) in [4.78, 5) is 4.15. The van der Waals surface area contributed by atoms with Crippen molar-refractivity contribution in [2.45, 2.75) is 6.92 Å². The van der Waals surface area contributed by atoms with Crippen molar-refractivity contribution in [3.63, 3.8) is 0 Å². The molecule has 1 aromatic heterocycles. The molecule has 0 amide bonds. The van der Waals surface area contributed by atoms with Crippen molar-refractivity contribution < 1.29 is 5.11 Å². The van der Waals surface area contributed by atoms with E-state index >= 15 is 0 Å². The summed E-state index contributed by atoms with van der Waals surface area (Å²) in [6, 6.07) is 5.65. The van der Waals surface area contributed by atoms with Gasteiger partial charge in [0, 0.05) is 9.86 Å². The average Bonchev–Trinajstić information content (AvgIpc) is 2.02. The molecule has 0 atom stereocenters. The Kier molecular flexibility index (Phi) is 1.96. The molecule has 0 unspecified atom stereocenters. The number of rotatable bonds is 0. The van der Waals surface area contributed by atoms with Gasteiger partial charge in [-0.2, -0.15) is 0 Å². The van der Waals surface area contributed by atoms with Crippen LogP contribution in [0.1, 0.15) is 5.56 Å². The van der Waals surface area contributed by atoms with Crippen LogP contribution in [0.25, 0.3) is 10.9 Å². The first-order valence-electron chi connectivity index (χ1n) is 3.92. The fourth-order valence-corrected chi connectivity index (χ4v) is 1.97. The Bertz CT molecular complexity index is 462. The molecule has 2 rings (SSSR count). The Morgan fingerprint density at radius 2 is 2.08 bits per heavy atom. The fourth-order valence-electron chi connectivity index (χ4n) is 1.38.